The minimum absolute atomic E-state index is 0.0811. The van der Waals surface area contributed by atoms with Crippen LogP contribution in [-0.4, -0.2) is 73.7 Å². The molecular formula is C16H29N3O2. The molecule has 5 nitrogen and oxygen atoms in total. The average molecular weight is 295 g/mol. The zero-order valence-electron chi connectivity index (χ0n) is 13.1. The van der Waals surface area contributed by atoms with Gasteiger partial charge in [-0.15, -0.1) is 0 Å². The Labute approximate surface area is 128 Å². The van der Waals surface area contributed by atoms with Gasteiger partial charge in [0, 0.05) is 19.6 Å². The van der Waals surface area contributed by atoms with Gasteiger partial charge in [0.2, 0.25) is 5.91 Å². The van der Waals surface area contributed by atoms with E-state index >= 15 is 0 Å². The summed E-state index contributed by atoms with van der Waals surface area (Å²) in [5.41, 5.74) is 0. The molecule has 1 atom stereocenters. The third-order valence-electron chi connectivity index (χ3n) is 5.07. The smallest absolute Gasteiger partial charge is 0.239 e. The molecule has 3 rings (SSSR count). The molecule has 0 aliphatic carbocycles. The molecule has 120 valence electrons. The molecule has 3 aliphatic heterocycles. The molecule has 0 radical (unpaired) electrons. The van der Waals surface area contributed by atoms with Crippen molar-refractivity contribution in [3.8, 4) is 0 Å². The second-order valence-corrected chi connectivity index (χ2v) is 6.59. The first-order valence-electron chi connectivity index (χ1n) is 8.69. The molecule has 3 saturated heterocycles. The fraction of sp³-hybridized carbons (Fsp3) is 0.938. The van der Waals surface area contributed by atoms with E-state index in [-0.39, 0.29) is 6.04 Å². The fourth-order valence-electron chi connectivity index (χ4n) is 3.71. The van der Waals surface area contributed by atoms with Crippen LogP contribution in [0.4, 0.5) is 0 Å². The van der Waals surface area contributed by atoms with Crippen molar-refractivity contribution in [1.82, 2.24) is 15.1 Å². The Bertz CT molecular complexity index is 330. The SMILES string of the molecule is O=C([C@@H]1CCCN1)N1CCC(OCCN2CCCC2)CC1. The third-order valence-corrected chi connectivity index (χ3v) is 5.07. The van der Waals surface area contributed by atoms with Gasteiger partial charge in [-0.05, 0) is 58.2 Å². The van der Waals surface area contributed by atoms with Gasteiger partial charge in [0.05, 0.1) is 18.8 Å². The molecule has 3 heterocycles. The van der Waals surface area contributed by atoms with Crippen molar-refractivity contribution in [2.24, 2.45) is 0 Å². The van der Waals surface area contributed by atoms with Gasteiger partial charge in [-0.3, -0.25) is 4.79 Å². The van der Waals surface area contributed by atoms with Crippen molar-refractivity contribution in [1.29, 1.82) is 0 Å². The lowest BCUT2D eigenvalue weighted by molar-refractivity contribution is -0.135. The number of carbonyl (C=O) groups excluding carboxylic acids is 1. The number of likely N-dealkylation sites (tertiary alicyclic amines) is 2. The van der Waals surface area contributed by atoms with Crippen LogP contribution in [-0.2, 0) is 9.53 Å². The average Bonchev–Trinajstić information content (AvgIpc) is 3.21. The summed E-state index contributed by atoms with van der Waals surface area (Å²) >= 11 is 0. The summed E-state index contributed by atoms with van der Waals surface area (Å²) in [7, 11) is 0. The first-order chi connectivity index (χ1) is 10.3. The van der Waals surface area contributed by atoms with Crippen molar-refractivity contribution in [3.63, 3.8) is 0 Å². The Morgan fingerprint density at radius 2 is 1.81 bits per heavy atom. The third kappa shape index (κ3) is 4.18. The first kappa shape index (κ1) is 15.3. The number of hydrogen-bond acceptors (Lipinski definition) is 4. The van der Waals surface area contributed by atoms with E-state index in [0.29, 0.717) is 12.0 Å². The number of piperidine rings is 1. The maximum absolute atomic E-state index is 12.3. The van der Waals surface area contributed by atoms with Gasteiger partial charge >= 0.3 is 0 Å². The topological polar surface area (TPSA) is 44.8 Å². The zero-order valence-corrected chi connectivity index (χ0v) is 13.1. The predicted molar refractivity (Wildman–Crippen MR) is 82.3 cm³/mol. The summed E-state index contributed by atoms with van der Waals surface area (Å²) < 4.78 is 6.00. The van der Waals surface area contributed by atoms with E-state index < -0.39 is 0 Å². The Morgan fingerprint density at radius 3 is 2.48 bits per heavy atom. The van der Waals surface area contributed by atoms with Crippen molar-refractivity contribution >= 4 is 5.91 Å². The van der Waals surface area contributed by atoms with Crippen molar-refractivity contribution in [3.05, 3.63) is 0 Å². The van der Waals surface area contributed by atoms with E-state index in [1.54, 1.807) is 0 Å². The van der Waals surface area contributed by atoms with Crippen molar-refractivity contribution in [2.45, 2.75) is 50.7 Å². The number of hydrogen-bond donors (Lipinski definition) is 1. The Hall–Kier alpha value is -0.650. The second-order valence-electron chi connectivity index (χ2n) is 6.59. The summed E-state index contributed by atoms with van der Waals surface area (Å²) in [5, 5.41) is 3.30. The molecule has 3 aliphatic rings. The molecule has 0 aromatic heterocycles. The molecule has 0 saturated carbocycles. The van der Waals surface area contributed by atoms with Crippen LogP contribution in [0.15, 0.2) is 0 Å². The van der Waals surface area contributed by atoms with E-state index in [4.69, 9.17) is 4.74 Å². The molecule has 0 unspecified atom stereocenters. The summed E-state index contributed by atoms with van der Waals surface area (Å²) in [6, 6.07) is 0.0811. The van der Waals surface area contributed by atoms with Gasteiger partial charge < -0.3 is 19.9 Å². The quantitative estimate of drug-likeness (QED) is 0.816. The highest BCUT2D eigenvalue weighted by Crippen LogP contribution is 2.17. The van der Waals surface area contributed by atoms with Gasteiger partial charge in [-0.2, -0.15) is 0 Å². The fourth-order valence-corrected chi connectivity index (χ4v) is 3.71. The predicted octanol–water partition coefficient (Wildman–Crippen LogP) is 0.842. The monoisotopic (exact) mass is 295 g/mol. The van der Waals surface area contributed by atoms with Crippen molar-refractivity contribution < 1.29 is 9.53 Å². The van der Waals surface area contributed by atoms with Crippen LogP contribution in [0, 0.1) is 0 Å². The number of ether oxygens (including phenoxy) is 1. The van der Waals surface area contributed by atoms with E-state index in [2.05, 4.69) is 10.2 Å². The molecule has 1 amide bonds. The van der Waals surface area contributed by atoms with Crippen LogP contribution >= 0.6 is 0 Å². The standard InChI is InChI=1S/C16H29N3O2/c20-16(15-4-3-7-17-15)19-10-5-14(6-11-19)21-13-12-18-8-1-2-9-18/h14-15,17H,1-13H2/t15-/m0/s1. The van der Waals surface area contributed by atoms with Crippen molar-refractivity contribution in [2.75, 3.05) is 45.9 Å². The molecule has 5 heteroatoms. The Morgan fingerprint density at radius 1 is 1.05 bits per heavy atom. The van der Waals surface area contributed by atoms with Crippen LogP contribution in [0.5, 0.6) is 0 Å². The summed E-state index contributed by atoms with van der Waals surface area (Å²) in [6.07, 6.45) is 7.17. The highest BCUT2D eigenvalue weighted by Gasteiger charge is 2.30. The lowest BCUT2D eigenvalue weighted by Gasteiger charge is -2.33. The first-order valence-corrected chi connectivity index (χ1v) is 8.69. The molecule has 0 aromatic carbocycles. The normalized spacial score (nSPS) is 28.4. The molecule has 0 spiro atoms. The van der Waals surface area contributed by atoms with Gasteiger partial charge in [0.15, 0.2) is 0 Å². The molecule has 1 N–H and O–H groups in total. The lowest BCUT2D eigenvalue weighted by atomic mass is 10.1. The highest BCUT2D eigenvalue weighted by molar-refractivity contribution is 5.82. The minimum Gasteiger partial charge on any atom is -0.377 e. The van der Waals surface area contributed by atoms with Gasteiger partial charge in [-0.1, -0.05) is 0 Å². The molecule has 3 fully saturated rings. The van der Waals surface area contributed by atoms with E-state index in [1.807, 2.05) is 4.90 Å². The van der Waals surface area contributed by atoms with E-state index in [1.165, 1.54) is 25.9 Å². The molecule has 0 aromatic rings. The van der Waals surface area contributed by atoms with E-state index in [9.17, 15) is 4.79 Å². The number of amides is 1. The minimum atomic E-state index is 0.0811. The van der Waals surface area contributed by atoms with Crippen LogP contribution in [0.25, 0.3) is 0 Å². The summed E-state index contributed by atoms with van der Waals surface area (Å²) in [4.78, 5) is 16.8. The largest absolute Gasteiger partial charge is 0.377 e. The maximum Gasteiger partial charge on any atom is 0.239 e. The number of rotatable bonds is 5. The Kier molecular flexibility index (Phi) is 5.49. The summed E-state index contributed by atoms with van der Waals surface area (Å²) in [6.45, 7) is 7.13. The van der Waals surface area contributed by atoms with Crippen LogP contribution < -0.4 is 5.32 Å². The van der Waals surface area contributed by atoms with Crippen LogP contribution in [0.1, 0.15) is 38.5 Å². The zero-order chi connectivity index (χ0) is 14.5. The van der Waals surface area contributed by atoms with E-state index in [0.717, 1.165) is 58.5 Å². The van der Waals surface area contributed by atoms with Crippen LogP contribution in [0.2, 0.25) is 0 Å². The second kappa shape index (κ2) is 7.56. The molecule has 21 heavy (non-hydrogen) atoms. The Balaban J connectivity index is 1.31. The highest BCUT2D eigenvalue weighted by atomic mass is 16.5. The van der Waals surface area contributed by atoms with Gasteiger partial charge in [0.1, 0.15) is 0 Å². The number of carbonyl (C=O) groups is 1. The lowest BCUT2D eigenvalue weighted by Crippen LogP contribution is -2.48. The molecular weight excluding hydrogens is 266 g/mol. The number of nitrogens with one attached hydrogen (secondary N) is 1. The summed E-state index contributed by atoms with van der Waals surface area (Å²) in [5.74, 6) is 0.308. The van der Waals surface area contributed by atoms with Gasteiger partial charge in [-0.25, -0.2) is 0 Å². The van der Waals surface area contributed by atoms with Crippen LogP contribution in [0.3, 0.4) is 0 Å². The number of nitrogens with zero attached hydrogens (tertiary/aromatic N) is 2. The maximum atomic E-state index is 12.3. The van der Waals surface area contributed by atoms with Gasteiger partial charge in [0.25, 0.3) is 0 Å². The molecule has 0 bridgehead atoms.